The van der Waals surface area contributed by atoms with Gasteiger partial charge in [-0.15, -0.1) is 12.6 Å². The number of aryl methyl sites for hydroxylation is 2. The molecule has 1 rings (SSSR count). The SMILES string of the molecule is Cc1cc(OI)c(C)cc1S. The molecule has 0 atom stereocenters. The van der Waals surface area contributed by atoms with Gasteiger partial charge in [0.1, 0.15) is 5.75 Å². The van der Waals surface area contributed by atoms with Crippen molar-refractivity contribution in [2.45, 2.75) is 18.7 Å². The van der Waals surface area contributed by atoms with E-state index in [1.54, 1.807) is 0 Å². The van der Waals surface area contributed by atoms with Crippen LogP contribution >= 0.6 is 35.6 Å². The van der Waals surface area contributed by atoms with Gasteiger partial charge in [0, 0.05) is 4.90 Å². The van der Waals surface area contributed by atoms with E-state index in [9.17, 15) is 0 Å². The Hall–Kier alpha value is 0.1000. The van der Waals surface area contributed by atoms with Crippen LogP contribution in [0.2, 0.25) is 0 Å². The highest BCUT2D eigenvalue weighted by Crippen LogP contribution is 2.25. The molecule has 1 nitrogen and oxygen atoms in total. The van der Waals surface area contributed by atoms with Crippen LogP contribution in [0.25, 0.3) is 0 Å². The summed E-state index contributed by atoms with van der Waals surface area (Å²) < 4.78 is 5.12. The molecule has 0 N–H and O–H groups in total. The quantitative estimate of drug-likeness (QED) is 0.613. The lowest BCUT2D eigenvalue weighted by Crippen LogP contribution is -1.84. The summed E-state index contributed by atoms with van der Waals surface area (Å²) in [6.07, 6.45) is 0. The molecule has 0 spiro atoms. The van der Waals surface area contributed by atoms with Crippen molar-refractivity contribution in [3.05, 3.63) is 23.3 Å². The number of hydrogen-bond acceptors (Lipinski definition) is 2. The zero-order chi connectivity index (χ0) is 8.43. The standard InChI is InChI=1S/C8H9IOS/c1-5-4-8(11)6(2)3-7(5)10-9/h3-4,11H,1-2H3. The van der Waals surface area contributed by atoms with E-state index in [2.05, 4.69) is 12.6 Å². The largest absolute Gasteiger partial charge is 0.427 e. The molecular formula is C8H9IOS. The maximum Gasteiger partial charge on any atom is 0.192 e. The van der Waals surface area contributed by atoms with Crippen molar-refractivity contribution >= 4 is 35.6 Å². The van der Waals surface area contributed by atoms with Crippen LogP contribution in [0.15, 0.2) is 17.0 Å². The number of hydrogen-bond donors (Lipinski definition) is 1. The topological polar surface area (TPSA) is 9.23 Å². The highest BCUT2D eigenvalue weighted by molar-refractivity contribution is 14.1. The molecule has 0 saturated carbocycles. The summed E-state index contributed by atoms with van der Waals surface area (Å²) in [5.74, 6) is 0.918. The zero-order valence-electron chi connectivity index (χ0n) is 6.39. The fourth-order valence-electron chi connectivity index (χ4n) is 0.858. The van der Waals surface area contributed by atoms with Crippen LogP contribution in [0.5, 0.6) is 5.75 Å². The molecule has 0 saturated heterocycles. The summed E-state index contributed by atoms with van der Waals surface area (Å²) in [5, 5.41) is 0. The molecule has 0 fully saturated rings. The Morgan fingerprint density at radius 3 is 2.45 bits per heavy atom. The second-order valence-electron chi connectivity index (χ2n) is 2.48. The molecule has 1 aromatic carbocycles. The normalized spacial score (nSPS) is 9.82. The van der Waals surface area contributed by atoms with E-state index in [-0.39, 0.29) is 0 Å². The third kappa shape index (κ3) is 2.02. The molecule has 0 aromatic heterocycles. The summed E-state index contributed by atoms with van der Waals surface area (Å²) in [6, 6.07) is 4.00. The molecule has 0 aliphatic heterocycles. The lowest BCUT2D eigenvalue weighted by Gasteiger charge is -2.05. The predicted octanol–water partition coefficient (Wildman–Crippen LogP) is 3.32. The fraction of sp³-hybridized carbons (Fsp3) is 0.250. The maximum atomic E-state index is 5.12. The van der Waals surface area contributed by atoms with Crippen LogP contribution in [0.3, 0.4) is 0 Å². The molecule has 1 aromatic rings. The van der Waals surface area contributed by atoms with Crippen LogP contribution < -0.4 is 3.07 Å². The Kier molecular flexibility index (Phi) is 3.06. The van der Waals surface area contributed by atoms with Gasteiger partial charge in [-0.25, -0.2) is 0 Å². The Balaban J connectivity index is 3.21. The van der Waals surface area contributed by atoms with E-state index >= 15 is 0 Å². The molecule has 0 bridgehead atoms. The summed E-state index contributed by atoms with van der Waals surface area (Å²) in [5.41, 5.74) is 2.26. The Morgan fingerprint density at radius 2 is 1.91 bits per heavy atom. The van der Waals surface area contributed by atoms with Crippen LogP contribution in [0, 0.1) is 13.8 Å². The van der Waals surface area contributed by atoms with E-state index < -0.39 is 0 Å². The van der Waals surface area contributed by atoms with Crippen LogP contribution in [0.4, 0.5) is 0 Å². The Labute approximate surface area is 86.2 Å². The molecule has 0 radical (unpaired) electrons. The van der Waals surface area contributed by atoms with Gasteiger partial charge in [0.15, 0.2) is 23.0 Å². The maximum absolute atomic E-state index is 5.12. The minimum atomic E-state index is 0.918. The fourth-order valence-corrected chi connectivity index (χ4v) is 1.59. The summed E-state index contributed by atoms with van der Waals surface area (Å²) >= 11 is 6.18. The predicted molar refractivity (Wildman–Crippen MR) is 57.8 cm³/mol. The smallest absolute Gasteiger partial charge is 0.192 e. The molecule has 0 aliphatic carbocycles. The number of thiol groups is 1. The second-order valence-corrected chi connectivity index (χ2v) is 3.40. The number of rotatable bonds is 1. The summed E-state index contributed by atoms with van der Waals surface area (Å²) in [6.45, 7) is 4.02. The van der Waals surface area contributed by atoms with Gasteiger partial charge in [-0.1, -0.05) is 0 Å². The first-order valence-electron chi connectivity index (χ1n) is 3.24. The zero-order valence-corrected chi connectivity index (χ0v) is 9.44. The Morgan fingerprint density at radius 1 is 1.27 bits per heavy atom. The van der Waals surface area contributed by atoms with Gasteiger partial charge in [0.2, 0.25) is 0 Å². The van der Waals surface area contributed by atoms with Gasteiger partial charge in [-0.3, -0.25) is 0 Å². The van der Waals surface area contributed by atoms with Crippen molar-refractivity contribution in [1.29, 1.82) is 0 Å². The third-order valence-corrected chi connectivity index (χ3v) is 2.53. The van der Waals surface area contributed by atoms with Gasteiger partial charge < -0.3 is 3.07 Å². The number of benzene rings is 1. The van der Waals surface area contributed by atoms with Crippen molar-refractivity contribution in [3.8, 4) is 5.75 Å². The van der Waals surface area contributed by atoms with Gasteiger partial charge in [0.25, 0.3) is 0 Å². The van der Waals surface area contributed by atoms with Gasteiger partial charge in [-0.05, 0) is 37.1 Å². The molecule has 60 valence electrons. The third-order valence-electron chi connectivity index (χ3n) is 1.58. The van der Waals surface area contributed by atoms with Crippen molar-refractivity contribution in [1.82, 2.24) is 0 Å². The average molecular weight is 280 g/mol. The van der Waals surface area contributed by atoms with Crippen molar-refractivity contribution in [2.75, 3.05) is 0 Å². The van der Waals surface area contributed by atoms with Gasteiger partial charge in [-0.2, -0.15) is 0 Å². The van der Waals surface area contributed by atoms with Gasteiger partial charge >= 0.3 is 0 Å². The van der Waals surface area contributed by atoms with Crippen molar-refractivity contribution < 1.29 is 3.07 Å². The first-order valence-corrected chi connectivity index (χ1v) is 4.56. The average Bonchev–Trinajstić information content (AvgIpc) is 1.97. The summed E-state index contributed by atoms with van der Waals surface area (Å²) in [7, 11) is 0. The molecule has 0 unspecified atom stereocenters. The molecule has 11 heavy (non-hydrogen) atoms. The van der Waals surface area contributed by atoms with E-state index in [0.717, 1.165) is 21.8 Å². The lowest BCUT2D eigenvalue weighted by molar-refractivity contribution is 0.706. The molecule has 0 aliphatic rings. The van der Waals surface area contributed by atoms with Crippen LogP contribution in [-0.4, -0.2) is 0 Å². The van der Waals surface area contributed by atoms with E-state index in [1.807, 2.05) is 49.0 Å². The molecule has 0 amide bonds. The molecular weight excluding hydrogens is 271 g/mol. The van der Waals surface area contributed by atoms with E-state index in [1.165, 1.54) is 0 Å². The number of halogens is 1. The van der Waals surface area contributed by atoms with Crippen molar-refractivity contribution in [3.63, 3.8) is 0 Å². The Bertz CT molecular complexity index is 273. The molecule has 0 heterocycles. The molecule has 3 heteroatoms. The second kappa shape index (κ2) is 3.67. The van der Waals surface area contributed by atoms with E-state index in [4.69, 9.17) is 3.07 Å². The monoisotopic (exact) mass is 280 g/mol. The highest BCUT2D eigenvalue weighted by atomic mass is 127. The minimum absolute atomic E-state index is 0.918. The minimum Gasteiger partial charge on any atom is -0.427 e. The van der Waals surface area contributed by atoms with E-state index in [0.29, 0.717) is 0 Å². The van der Waals surface area contributed by atoms with Crippen molar-refractivity contribution in [2.24, 2.45) is 0 Å². The lowest BCUT2D eigenvalue weighted by atomic mass is 10.1. The van der Waals surface area contributed by atoms with Crippen LogP contribution in [0.1, 0.15) is 11.1 Å². The highest BCUT2D eigenvalue weighted by Gasteiger charge is 2.01. The summed E-state index contributed by atoms with van der Waals surface area (Å²) in [4.78, 5) is 1.01. The van der Waals surface area contributed by atoms with Crippen LogP contribution in [-0.2, 0) is 0 Å². The first kappa shape index (κ1) is 9.19. The van der Waals surface area contributed by atoms with Gasteiger partial charge in [0.05, 0.1) is 0 Å². The first-order chi connectivity index (χ1) is 5.15.